The number of hydrogen-bond acceptors (Lipinski definition) is 3. The fraction of sp³-hybridized carbons (Fsp3) is 0.312. The summed E-state index contributed by atoms with van der Waals surface area (Å²) >= 11 is 0. The molecule has 3 rings (SSSR count). The zero-order valence-corrected chi connectivity index (χ0v) is 11.5. The number of aromatic amines is 1. The predicted octanol–water partition coefficient (Wildman–Crippen LogP) is 2.02. The van der Waals surface area contributed by atoms with Crippen molar-refractivity contribution < 1.29 is 4.79 Å². The van der Waals surface area contributed by atoms with Crippen molar-refractivity contribution >= 4 is 11.5 Å². The van der Waals surface area contributed by atoms with Gasteiger partial charge in [-0.2, -0.15) is 0 Å². The summed E-state index contributed by atoms with van der Waals surface area (Å²) in [7, 11) is 0. The van der Waals surface area contributed by atoms with Crippen molar-refractivity contribution in [2.45, 2.75) is 0 Å². The Labute approximate surface area is 119 Å². The van der Waals surface area contributed by atoms with E-state index in [1.807, 2.05) is 18.2 Å². The van der Waals surface area contributed by atoms with Crippen LogP contribution in [0.5, 0.6) is 0 Å². The SMILES string of the molecule is O=C(CN1CCN(c2ccccc2)CC1)c1ccc[nH]1. The van der Waals surface area contributed by atoms with E-state index in [-0.39, 0.29) is 5.78 Å². The molecule has 20 heavy (non-hydrogen) atoms. The third-order valence-electron chi connectivity index (χ3n) is 3.76. The Hall–Kier alpha value is -2.07. The van der Waals surface area contributed by atoms with Crippen LogP contribution in [0, 0.1) is 0 Å². The van der Waals surface area contributed by atoms with Crippen LogP contribution in [0.3, 0.4) is 0 Å². The highest BCUT2D eigenvalue weighted by molar-refractivity contribution is 5.95. The van der Waals surface area contributed by atoms with Gasteiger partial charge in [-0.15, -0.1) is 0 Å². The molecule has 4 nitrogen and oxygen atoms in total. The highest BCUT2D eigenvalue weighted by atomic mass is 16.1. The first-order chi connectivity index (χ1) is 9.83. The van der Waals surface area contributed by atoms with Crippen molar-refractivity contribution in [1.82, 2.24) is 9.88 Å². The lowest BCUT2D eigenvalue weighted by Gasteiger charge is -2.35. The number of benzene rings is 1. The van der Waals surface area contributed by atoms with Crippen LogP contribution >= 0.6 is 0 Å². The standard InChI is InChI=1S/C16H19N3O/c20-16(15-7-4-8-17-15)13-18-9-11-19(12-10-18)14-5-2-1-3-6-14/h1-8,17H,9-13H2. The highest BCUT2D eigenvalue weighted by Crippen LogP contribution is 2.15. The summed E-state index contributed by atoms with van der Waals surface area (Å²) < 4.78 is 0. The van der Waals surface area contributed by atoms with E-state index in [2.05, 4.69) is 39.0 Å². The fourth-order valence-corrected chi connectivity index (χ4v) is 2.60. The molecular formula is C16H19N3O. The second-order valence-electron chi connectivity index (χ2n) is 5.11. The monoisotopic (exact) mass is 269 g/mol. The smallest absolute Gasteiger partial charge is 0.192 e. The number of rotatable bonds is 4. The van der Waals surface area contributed by atoms with Gasteiger partial charge >= 0.3 is 0 Å². The highest BCUT2D eigenvalue weighted by Gasteiger charge is 2.19. The Balaban J connectivity index is 1.53. The molecular weight excluding hydrogens is 250 g/mol. The minimum atomic E-state index is 0.170. The van der Waals surface area contributed by atoms with Crippen LogP contribution in [0.4, 0.5) is 5.69 Å². The summed E-state index contributed by atoms with van der Waals surface area (Å²) in [4.78, 5) is 19.6. The summed E-state index contributed by atoms with van der Waals surface area (Å²) in [6, 6.07) is 14.1. The van der Waals surface area contributed by atoms with Gasteiger partial charge in [0, 0.05) is 38.1 Å². The molecule has 1 saturated heterocycles. The maximum atomic E-state index is 12.0. The fourth-order valence-electron chi connectivity index (χ4n) is 2.60. The van der Waals surface area contributed by atoms with E-state index in [4.69, 9.17) is 0 Å². The lowest BCUT2D eigenvalue weighted by atomic mass is 10.2. The second-order valence-corrected chi connectivity index (χ2v) is 5.11. The zero-order valence-electron chi connectivity index (χ0n) is 11.5. The molecule has 0 spiro atoms. The number of Topliss-reactive ketones (excluding diaryl/α,β-unsaturated/α-hetero) is 1. The van der Waals surface area contributed by atoms with Gasteiger partial charge in [-0.1, -0.05) is 18.2 Å². The summed E-state index contributed by atoms with van der Waals surface area (Å²) in [6.45, 7) is 4.32. The molecule has 1 N–H and O–H groups in total. The molecule has 104 valence electrons. The average Bonchev–Trinajstić information content (AvgIpc) is 3.03. The Bertz CT molecular complexity index is 542. The molecule has 0 radical (unpaired) electrons. The Morgan fingerprint density at radius 2 is 1.75 bits per heavy atom. The van der Waals surface area contributed by atoms with Gasteiger partial charge in [-0.25, -0.2) is 0 Å². The first-order valence-corrected chi connectivity index (χ1v) is 7.02. The van der Waals surface area contributed by atoms with Gasteiger partial charge in [-0.05, 0) is 24.3 Å². The number of H-pyrrole nitrogens is 1. The first-order valence-electron chi connectivity index (χ1n) is 7.02. The number of para-hydroxylation sites is 1. The minimum Gasteiger partial charge on any atom is -0.369 e. The van der Waals surface area contributed by atoms with Gasteiger partial charge in [-0.3, -0.25) is 9.69 Å². The van der Waals surface area contributed by atoms with Gasteiger partial charge in [0.2, 0.25) is 0 Å². The van der Waals surface area contributed by atoms with Crippen molar-refractivity contribution in [1.29, 1.82) is 0 Å². The number of aromatic nitrogens is 1. The van der Waals surface area contributed by atoms with Crippen molar-refractivity contribution in [3.8, 4) is 0 Å². The Morgan fingerprint density at radius 1 is 1.00 bits per heavy atom. The molecule has 1 fully saturated rings. The van der Waals surface area contributed by atoms with E-state index in [0.717, 1.165) is 26.2 Å². The van der Waals surface area contributed by atoms with E-state index >= 15 is 0 Å². The quantitative estimate of drug-likeness (QED) is 0.863. The summed E-state index contributed by atoms with van der Waals surface area (Å²) in [5.41, 5.74) is 1.97. The molecule has 1 aliphatic rings. The number of nitrogens with one attached hydrogen (secondary N) is 1. The largest absolute Gasteiger partial charge is 0.369 e. The van der Waals surface area contributed by atoms with Crippen LogP contribution in [-0.4, -0.2) is 48.4 Å². The topological polar surface area (TPSA) is 39.3 Å². The molecule has 0 bridgehead atoms. The molecule has 2 heterocycles. The van der Waals surface area contributed by atoms with Crippen LogP contribution in [-0.2, 0) is 0 Å². The number of nitrogens with zero attached hydrogens (tertiary/aromatic N) is 2. The molecule has 1 aromatic heterocycles. The molecule has 1 aliphatic heterocycles. The molecule has 0 aliphatic carbocycles. The number of hydrogen-bond donors (Lipinski definition) is 1. The van der Waals surface area contributed by atoms with E-state index in [1.54, 1.807) is 6.20 Å². The van der Waals surface area contributed by atoms with Gasteiger partial charge in [0.1, 0.15) is 0 Å². The Kier molecular flexibility index (Phi) is 3.83. The summed E-state index contributed by atoms with van der Waals surface area (Å²) in [5, 5.41) is 0. The number of carbonyl (C=O) groups is 1. The second kappa shape index (κ2) is 5.92. The van der Waals surface area contributed by atoms with Crippen molar-refractivity contribution in [2.75, 3.05) is 37.6 Å². The van der Waals surface area contributed by atoms with Crippen LogP contribution < -0.4 is 4.90 Å². The predicted molar refractivity (Wildman–Crippen MR) is 80.2 cm³/mol. The average molecular weight is 269 g/mol. The molecule has 0 saturated carbocycles. The van der Waals surface area contributed by atoms with Crippen molar-refractivity contribution in [3.05, 3.63) is 54.4 Å². The molecule has 0 unspecified atom stereocenters. The third kappa shape index (κ3) is 2.91. The third-order valence-corrected chi connectivity index (χ3v) is 3.76. The number of piperazine rings is 1. The van der Waals surface area contributed by atoms with Gasteiger partial charge in [0.15, 0.2) is 5.78 Å². The van der Waals surface area contributed by atoms with Crippen LogP contribution in [0.1, 0.15) is 10.5 Å². The minimum absolute atomic E-state index is 0.170. The van der Waals surface area contributed by atoms with Gasteiger partial charge in [0.25, 0.3) is 0 Å². The molecule has 2 aromatic rings. The lowest BCUT2D eigenvalue weighted by Crippen LogP contribution is -2.48. The Morgan fingerprint density at radius 3 is 2.40 bits per heavy atom. The summed E-state index contributed by atoms with van der Waals surface area (Å²) in [6.07, 6.45) is 1.79. The molecule has 1 aromatic carbocycles. The maximum absolute atomic E-state index is 12.0. The van der Waals surface area contributed by atoms with E-state index in [1.165, 1.54) is 5.69 Å². The number of ketones is 1. The van der Waals surface area contributed by atoms with Gasteiger partial charge < -0.3 is 9.88 Å². The van der Waals surface area contributed by atoms with Crippen LogP contribution in [0.2, 0.25) is 0 Å². The zero-order chi connectivity index (χ0) is 13.8. The molecule has 4 heteroatoms. The maximum Gasteiger partial charge on any atom is 0.192 e. The van der Waals surface area contributed by atoms with Gasteiger partial charge in [0.05, 0.1) is 12.2 Å². The number of carbonyl (C=O) groups excluding carboxylic acids is 1. The van der Waals surface area contributed by atoms with E-state index in [0.29, 0.717) is 12.2 Å². The van der Waals surface area contributed by atoms with Crippen LogP contribution in [0.15, 0.2) is 48.7 Å². The van der Waals surface area contributed by atoms with E-state index < -0.39 is 0 Å². The molecule has 0 atom stereocenters. The van der Waals surface area contributed by atoms with Crippen molar-refractivity contribution in [2.24, 2.45) is 0 Å². The van der Waals surface area contributed by atoms with Crippen LogP contribution in [0.25, 0.3) is 0 Å². The summed E-state index contributed by atoms with van der Waals surface area (Å²) in [5.74, 6) is 0.170. The van der Waals surface area contributed by atoms with E-state index in [9.17, 15) is 4.79 Å². The lowest BCUT2D eigenvalue weighted by molar-refractivity contribution is 0.0922. The first kappa shape index (κ1) is 12.9. The normalized spacial score (nSPS) is 16.3. The van der Waals surface area contributed by atoms with Crippen molar-refractivity contribution in [3.63, 3.8) is 0 Å². The number of anilines is 1. The molecule has 0 amide bonds.